The molecule has 1 heterocycles. The Kier molecular flexibility index (Phi) is 5.46. The van der Waals surface area contributed by atoms with Crippen LogP contribution in [0.1, 0.15) is 37.0 Å². The first-order chi connectivity index (χ1) is 11.0. The van der Waals surface area contributed by atoms with Crippen LogP contribution in [0.2, 0.25) is 0 Å². The number of rotatable bonds is 5. The van der Waals surface area contributed by atoms with E-state index in [0.717, 1.165) is 0 Å². The van der Waals surface area contributed by atoms with Gasteiger partial charge in [0, 0.05) is 37.2 Å². The lowest BCUT2D eigenvalue weighted by atomic mass is 10.1. The Balaban J connectivity index is 2.01. The van der Waals surface area contributed by atoms with Gasteiger partial charge < -0.3 is 10.2 Å². The molecule has 0 spiro atoms. The van der Waals surface area contributed by atoms with Crippen molar-refractivity contribution in [2.24, 2.45) is 5.10 Å². The van der Waals surface area contributed by atoms with Crippen molar-refractivity contribution in [1.82, 2.24) is 10.3 Å². The number of hydrogen-bond acceptors (Lipinski definition) is 4. The van der Waals surface area contributed by atoms with E-state index in [1.54, 1.807) is 29.2 Å². The van der Waals surface area contributed by atoms with E-state index in [9.17, 15) is 14.4 Å². The van der Waals surface area contributed by atoms with Crippen LogP contribution in [0.5, 0.6) is 0 Å². The van der Waals surface area contributed by atoms with Gasteiger partial charge in [-0.2, -0.15) is 5.10 Å². The Morgan fingerprint density at radius 2 is 1.83 bits per heavy atom. The molecule has 0 unspecified atom stereocenters. The fourth-order valence-corrected chi connectivity index (χ4v) is 2.23. The molecule has 3 amide bonds. The van der Waals surface area contributed by atoms with Gasteiger partial charge in [0.2, 0.25) is 5.91 Å². The quantitative estimate of drug-likeness (QED) is 0.859. The molecule has 0 atom stereocenters. The zero-order valence-corrected chi connectivity index (χ0v) is 13.3. The summed E-state index contributed by atoms with van der Waals surface area (Å²) in [5.41, 5.74) is 3.72. The molecule has 0 saturated carbocycles. The Labute approximate surface area is 134 Å². The molecular formula is C16H20N4O3. The number of carbonyl (C=O) groups excluding carboxylic acids is 3. The van der Waals surface area contributed by atoms with Crippen molar-refractivity contribution < 1.29 is 14.4 Å². The number of hydrogen-bond donors (Lipinski definition) is 2. The fraction of sp³-hybridized carbons (Fsp3) is 0.375. The summed E-state index contributed by atoms with van der Waals surface area (Å²) >= 11 is 0. The summed E-state index contributed by atoms with van der Waals surface area (Å²) in [5.74, 6) is -0.583. The van der Waals surface area contributed by atoms with Gasteiger partial charge in [-0.15, -0.1) is 0 Å². The number of carbonyl (C=O) groups is 3. The van der Waals surface area contributed by atoms with Gasteiger partial charge in [-0.1, -0.05) is 0 Å². The second kappa shape index (κ2) is 7.53. The largest absolute Gasteiger partial charge is 0.339 e. The van der Waals surface area contributed by atoms with Crippen LogP contribution in [-0.2, 0) is 9.59 Å². The van der Waals surface area contributed by atoms with E-state index in [4.69, 9.17) is 0 Å². The zero-order chi connectivity index (χ0) is 16.8. The van der Waals surface area contributed by atoms with E-state index in [0.29, 0.717) is 30.8 Å². The topological polar surface area (TPSA) is 90.9 Å². The van der Waals surface area contributed by atoms with Crippen LogP contribution in [0.25, 0.3) is 0 Å². The summed E-state index contributed by atoms with van der Waals surface area (Å²) < 4.78 is 0. The molecule has 2 rings (SSSR count). The van der Waals surface area contributed by atoms with Gasteiger partial charge in [0.05, 0.1) is 0 Å². The van der Waals surface area contributed by atoms with Crippen molar-refractivity contribution >= 4 is 29.1 Å². The standard InChI is InChI=1S/C16H20N4O3/c1-3-20(4-2)16(23)11-5-7-12(8-6-11)17-15(22)13-9-10-14(21)19-18-13/h5-8H,3-4,9-10H2,1-2H3,(H,17,22)(H,19,21). The third-order valence-corrected chi connectivity index (χ3v) is 3.61. The summed E-state index contributed by atoms with van der Waals surface area (Å²) in [6, 6.07) is 6.72. The van der Waals surface area contributed by atoms with E-state index < -0.39 is 0 Å². The molecule has 7 heteroatoms. The molecule has 122 valence electrons. The van der Waals surface area contributed by atoms with Crippen molar-refractivity contribution in [2.45, 2.75) is 26.7 Å². The van der Waals surface area contributed by atoms with E-state index >= 15 is 0 Å². The van der Waals surface area contributed by atoms with Crippen LogP contribution >= 0.6 is 0 Å². The predicted octanol–water partition coefficient (Wildman–Crippen LogP) is 1.37. The summed E-state index contributed by atoms with van der Waals surface area (Å²) in [6.07, 6.45) is 0.569. The van der Waals surface area contributed by atoms with Crippen molar-refractivity contribution in [1.29, 1.82) is 0 Å². The molecule has 1 aromatic carbocycles. The number of hydrazone groups is 1. The van der Waals surface area contributed by atoms with Crippen molar-refractivity contribution in [3.8, 4) is 0 Å². The third kappa shape index (κ3) is 4.15. The lowest BCUT2D eigenvalue weighted by Gasteiger charge is -2.18. The van der Waals surface area contributed by atoms with Crippen LogP contribution < -0.4 is 10.7 Å². The van der Waals surface area contributed by atoms with Crippen LogP contribution in [0.4, 0.5) is 5.69 Å². The molecule has 0 aromatic heterocycles. The van der Waals surface area contributed by atoms with Crippen LogP contribution in [0.3, 0.4) is 0 Å². The van der Waals surface area contributed by atoms with Gasteiger partial charge in [0.1, 0.15) is 5.71 Å². The van der Waals surface area contributed by atoms with Gasteiger partial charge in [-0.25, -0.2) is 5.43 Å². The highest BCUT2D eigenvalue weighted by Crippen LogP contribution is 2.12. The molecule has 0 radical (unpaired) electrons. The molecule has 7 nitrogen and oxygen atoms in total. The number of benzene rings is 1. The molecule has 0 bridgehead atoms. The fourth-order valence-electron chi connectivity index (χ4n) is 2.23. The van der Waals surface area contributed by atoms with Crippen molar-refractivity contribution in [2.75, 3.05) is 18.4 Å². The monoisotopic (exact) mass is 316 g/mol. The van der Waals surface area contributed by atoms with E-state index in [-0.39, 0.29) is 29.9 Å². The molecular weight excluding hydrogens is 296 g/mol. The maximum absolute atomic E-state index is 12.2. The summed E-state index contributed by atoms with van der Waals surface area (Å²) in [7, 11) is 0. The number of nitrogens with one attached hydrogen (secondary N) is 2. The minimum Gasteiger partial charge on any atom is -0.339 e. The summed E-state index contributed by atoms with van der Waals surface area (Å²) in [5, 5.41) is 6.45. The van der Waals surface area contributed by atoms with Crippen LogP contribution in [0.15, 0.2) is 29.4 Å². The molecule has 1 aliphatic rings. The van der Waals surface area contributed by atoms with Crippen LogP contribution in [0, 0.1) is 0 Å². The second-order valence-corrected chi connectivity index (χ2v) is 5.10. The maximum atomic E-state index is 12.2. The maximum Gasteiger partial charge on any atom is 0.271 e. The summed E-state index contributed by atoms with van der Waals surface area (Å²) in [4.78, 5) is 37.0. The first kappa shape index (κ1) is 16.7. The molecule has 0 fully saturated rings. The van der Waals surface area contributed by atoms with E-state index in [1.165, 1.54) is 0 Å². The lowest BCUT2D eigenvalue weighted by Crippen LogP contribution is -2.32. The minimum atomic E-state index is -0.354. The highest BCUT2D eigenvalue weighted by Gasteiger charge is 2.18. The van der Waals surface area contributed by atoms with Gasteiger partial charge >= 0.3 is 0 Å². The molecule has 0 saturated heterocycles. The Morgan fingerprint density at radius 1 is 1.17 bits per heavy atom. The van der Waals surface area contributed by atoms with Gasteiger partial charge in [0.15, 0.2) is 0 Å². The zero-order valence-electron chi connectivity index (χ0n) is 13.3. The number of anilines is 1. The number of amides is 3. The highest BCUT2D eigenvalue weighted by atomic mass is 16.2. The molecule has 23 heavy (non-hydrogen) atoms. The third-order valence-electron chi connectivity index (χ3n) is 3.61. The first-order valence-corrected chi connectivity index (χ1v) is 7.61. The van der Waals surface area contributed by atoms with E-state index in [1.807, 2.05) is 13.8 Å². The van der Waals surface area contributed by atoms with Gasteiger partial charge in [0.25, 0.3) is 11.8 Å². The average molecular weight is 316 g/mol. The molecule has 0 aliphatic carbocycles. The normalized spacial score (nSPS) is 13.8. The van der Waals surface area contributed by atoms with Crippen molar-refractivity contribution in [3.63, 3.8) is 0 Å². The SMILES string of the molecule is CCN(CC)C(=O)c1ccc(NC(=O)C2=NNC(=O)CC2)cc1. The minimum absolute atomic E-state index is 0.0350. The molecule has 1 aliphatic heterocycles. The average Bonchev–Trinajstić information content (AvgIpc) is 2.57. The number of nitrogens with zero attached hydrogens (tertiary/aromatic N) is 2. The summed E-state index contributed by atoms with van der Waals surface area (Å²) in [6.45, 7) is 5.16. The predicted molar refractivity (Wildman–Crippen MR) is 87.1 cm³/mol. The Hall–Kier alpha value is -2.70. The Morgan fingerprint density at radius 3 is 2.35 bits per heavy atom. The Bertz CT molecular complexity index is 633. The van der Waals surface area contributed by atoms with E-state index in [2.05, 4.69) is 15.8 Å². The highest BCUT2D eigenvalue weighted by molar-refractivity contribution is 6.43. The van der Waals surface area contributed by atoms with Gasteiger partial charge in [-0.3, -0.25) is 14.4 Å². The first-order valence-electron chi connectivity index (χ1n) is 7.61. The van der Waals surface area contributed by atoms with Crippen molar-refractivity contribution in [3.05, 3.63) is 29.8 Å². The lowest BCUT2D eigenvalue weighted by molar-refractivity contribution is -0.121. The van der Waals surface area contributed by atoms with Crippen LogP contribution in [-0.4, -0.2) is 41.4 Å². The smallest absolute Gasteiger partial charge is 0.271 e. The molecule has 1 aromatic rings. The van der Waals surface area contributed by atoms with Gasteiger partial charge in [-0.05, 0) is 38.1 Å². The second-order valence-electron chi connectivity index (χ2n) is 5.10. The molecule has 2 N–H and O–H groups in total.